The number of aryl methyl sites for hydroxylation is 1. The molecule has 1 aliphatic heterocycles. The first-order valence-electron chi connectivity index (χ1n) is 11.7. The van der Waals surface area contributed by atoms with Gasteiger partial charge in [0, 0.05) is 24.7 Å². The maximum absolute atomic E-state index is 12.7. The maximum Gasteiger partial charge on any atom is 0.389 e. The highest BCUT2D eigenvalue weighted by Crippen LogP contribution is 2.44. The molecule has 1 heterocycles. The van der Waals surface area contributed by atoms with Crippen molar-refractivity contribution in [2.24, 2.45) is 0 Å². The molecular weight excluding hydrogens is 467 g/mol. The van der Waals surface area contributed by atoms with Crippen LogP contribution in [0.1, 0.15) is 41.2 Å². The first-order valence-corrected chi connectivity index (χ1v) is 11.7. The number of carbonyl (C=O) groups is 1. The van der Waals surface area contributed by atoms with E-state index < -0.39 is 24.1 Å². The van der Waals surface area contributed by atoms with Gasteiger partial charge >= 0.3 is 12.1 Å². The van der Waals surface area contributed by atoms with E-state index in [0.717, 1.165) is 34.4 Å². The lowest BCUT2D eigenvalue weighted by atomic mass is 9.76. The van der Waals surface area contributed by atoms with Crippen molar-refractivity contribution in [3.8, 4) is 5.75 Å². The van der Waals surface area contributed by atoms with Crippen molar-refractivity contribution < 1.29 is 27.8 Å². The van der Waals surface area contributed by atoms with Gasteiger partial charge < -0.3 is 14.7 Å². The molecule has 0 amide bonds. The number of ether oxygens (including phenoxy) is 1. The van der Waals surface area contributed by atoms with E-state index in [9.17, 15) is 23.1 Å². The Labute approximate surface area is 208 Å². The molecule has 0 saturated heterocycles. The van der Waals surface area contributed by atoms with E-state index in [-0.39, 0.29) is 12.2 Å². The van der Waals surface area contributed by atoms with E-state index in [0.29, 0.717) is 12.1 Å². The average molecular weight is 496 g/mol. The van der Waals surface area contributed by atoms with Crippen LogP contribution >= 0.6 is 0 Å². The number of benzene rings is 3. The minimum Gasteiger partial charge on any atom is -0.508 e. The summed E-state index contributed by atoms with van der Waals surface area (Å²) < 4.78 is 42.6. The molecule has 3 aromatic rings. The monoisotopic (exact) mass is 495 g/mol. The Balaban J connectivity index is 1.71. The van der Waals surface area contributed by atoms with Crippen LogP contribution in [0.25, 0.3) is 6.08 Å². The molecule has 0 saturated carbocycles. The van der Waals surface area contributed by atoms with Gasteiger partial charge in [0.25, 0.3) is 0 Å². The number of esters is 1. The first kappa shape index (κ1) is 25.4. The zero-order chi connectivity index (χ0) is 25.9. The molecule has 0 spiro atoms. The van der Waals surface area contributed by atoms with Gasteiger partial charge in [-0.2, -0.15) is 13.2 Å². The lowest BCUT2D eigenvalue weighted by Gasteiger charge is -2.48. The molecular formula is C29H28F3NO3. The number of methoxy groups -OCH3 is 1. The third kappa shape index (κ3) is 5.40. The van der Waals surface area contributed by atoms with E-state index in [4.69, 9.17) is 0 Å². The number of fused-ring (bicyclic) bond motifs is 1. The fraction of sp³-hybridized carbons (Fsp3) is 0.276. The Kier molecular flexibility index (Phi) is 7.11. The number of phenols is 1. The minimum absolute atomic E-state index is 0.0519. The lowest BCUT2D eigenvalue weighted by Crippen LogP contribution is -2.49. The predicted molar refractivity (Wildman–Crippen MR) is 134 cm³/mol. The zero-order valence-corrected chi connectivity index (χ0v) is 20.2. The molecule has 0 fully saturated rings. The number of aromatic hydroxyl groups is 1. The predicted octanol–water partition coefficient (Wildman–Crippen LogP) is 6.40. The standard InChI is InChI=1S/C29H28F3NO3/c1-28(23-8-3-20(4-9-23)7-14-27(35)36-2)26-13-12-25(34)19-22(26)16-18-33(28)24-10-5-21(6-11-24)15-17-29(30,31)32/h3-14,19,34H,15-18H2,1-2H3/b14-7+. The second-order valence-electron chi connectivity index (χ2n) is 9.08. The van der Waals surface area contributed by atoms with Crippen molar-refractivity contribution in [2.45, 2.75) is 37.9 Å². The van der Waals surface area contributed by atoms with Gasteiger partial charge in [0.2, 0.25) is 0 Å². The van der Waals surface area contributed by atoms with Crippen LogP contribution in [0.2, 0.25) is 0 Å². The molecule has 0 aromatic heterocycles. The molecule has 0 bridgehead atoms. The number of anilines is 1. The SMILES string of the molecule is COC(=O)/C=C/c1ccc(C2(C)c3ccc(O)cc3CCN2c2ccc(CCC(F)(F)F)cc2)cc1. The van der Waals surface area contributed by atoms with Gasteiger partial charge in [-0.25, -0.2) is 4.79 Å². The highest BCUT2D eigenvalue weighted by atomic mass is 19.4. The van der Waals surface area contributed by atoms with E-state index in [2.05, 4.69) is 16.6 Å². The van der Waals surface area contributed by atoms with E-state index in [1.165, 1.54) is 13.2 Å². The van der Waals surface area contributed by atoms with Crippen molar-refractivity contribution in [1.82, 2.24) is 0 Å². The number of alkyl halides is 3. The normalized spacial score (nSPS) is 17.8. The summed E-state index contributed by atoms with van der Waals surface area (Å²) in [4.78, 5) is 13.7. The first-order chi connectivity index (χ1) is 17.1. The number of halogens is 3. The van der Waals surface area contributed by atoms with E-state index in [1.54, 1.807) is 30.3 Å². The Morgan fingerprint density at radius 3 is 2.42 bits per heavy atom. The third-order valence-electron chi connectivity index (χ3n) is 6.79. The summed E-state index contributed by atoms with van der Waals surface area (Å²) in [7, 11) is 1.33. The molecule has 1 unspecified atom stereocenters. The molecule has 1 N–H and O–H groups in total. The summed E-state index contributed by atoms with van der Waals surface area (Å²) in [5.41, 5.74) is 4.89. The quantitative estimate of drug-likeness (QED) is 0.318. The number of carbonyl (C=O) groups excluding carboxylic acids is 1. The van der Waals surface area contributed by atoms with Crippen molar-refractivity contribution in [1.29, 1.82) is 0 Å². The van der Waals surface area contributed by atoms with Gasteiger partial charge in [-0.15, -0.1) is 0 Å². The van der Waals surface area contributed by atoms with Crippen molar-refractivity contribution in [3.63, 3.8) is 0 Å². The molecule has 4 nitrogen and oxygen atoms in total. The summed E-state index contributed by atoms with van der Waals surface area (Å²) in [6.45, 7) is 2.78. The molecule has 1 aliphatic rings. The summed E-state index contributed by atoms with van der Waals surface area (Å²) in [6, 6.07) is 20.5. The minimum atomic E-state index is -4.18. The van der Waals surface area contributed by atoms with Gasteiger partial charge in [-0.05, 0) is 77.9 Å². The molecule has 1 atom stereocenters. The van der Waals surface area contributed by atoms with Crippen molar-refractivity contribution in [2.75, 3.05) is 18.6 Å². The lowest BCUT2D eigenvalue weighted by molar-refractivity contribution is -0.135. The highest BCUT2D eigenvalue weighted by Gasteiger charge is 2.40. The van der Waals surface area contributed by atoms with Crippen LogP contribution < -0.4 is 4.90 Å². The molecule has 0 aliphatic carbocycles. The largest absolute Gasteiger partial charge is 0.508 e. The fourth-order valence-corrected chi connectivity index (χ4v) is 4.84. The summed E-state index contributed by atoms with van der Waals surface area (Å²) in [5, 5.41) is 10.1. The molecule has 0 radical (unpaired) electrons. The average Bonchev–Trinajstić information content (AvgIpc) is 2.86. The maximum atomic E-state index is 12.7. The molecule has 3 aromatic carbocycles. The smallest absolute Gasteiger partial charge is 0.389 e. The molecule has 4 rings (SSSR count). The van der Waals surface area contributed by atoms with Crippen LogP contribution in [0.5, 0.6) is 5.75 Å². The summed E-state index contributed by atoms with van der Waals surface area (Å²) in [6.07, 6.45) is -1.32. The Morgan fingerprint density at radius 1 is 1.08 bits per heavy atom. The number of nitrogens with zero attached hydrogens (tertiary/aromatic N) is 1. The zero-order valence-electron chi connectivity index (χ0n) is 20.2. The summed E-state index contributed by atoms with van der Waals surface area (Å²) in [5.74, 6) is -0.223. The molecule has 36 heavy (non-hydrogen) atoms. The van der Waals surface area contributed by atoms with Crippen LogP contribution in [0.4, 0.5) is 18.9 Å². The highest BCUT2D eigenvalue weighted by molar-refractivity contribution is 5.86. The van der Waals surface area contributed by atoms with Gasteiger partial charge in [-0.1, -0.05) is 42.5 Å². The van der Waals surface area contributed by atoms with Gasteiger partial charge in [0.05, 0.1) is 12.6 Å². The van der Waals surface area contributed by atoms with E-state index in [1.807, 2.05) is 42.5 Å². The second-order valence-corrected chi connectivity index (χ2v) is 9.08. The van der Waals surface area contributed by atoms with Crippen LogP contribution in [-0.2, 0) is 27.9 Å². The van der Waals surface area contributed by atoms with Gasteiger partial charge in [0.15, 0.2) is 0 Å². The van der Waals surface area contributed by atoms with Crippen LogP contribution in [0.15, 0.2) is 72.8 Å². The van der Waals surface area contributed by atoms with Gasteiger partial charge in [-0.3, -0.25) is 0 Å². The number of hydrogen-bond donors (Lipinski definition) is 1. The van der Waals surface area contributed by atoms with Crippen LogP contribution in [-0.4, -0.2) is 30.9 Å². The number of phenolic OH excluding ortho intramolecular Hbond substituents is 1. The fourth-order valence-electron chi connectivity index (χ4n) is 4.84. The number of rotatable bonds is 6. The van der Waals surface area contributed by atoms with Crippen LogP contribution in [0, 0.1) is 0 Å². The van der Waals surface area contributed by atoms with E-state index >= 15 is 0 Å². The third-order valence-corrected chi connectivity index (χ3v) is 6.79. The van der Waals surface area contributed by atoms with Crippen LogP contribution in [0.3, 0.4) is 0 Å². The Bertz CT molecular complexity index is 1250. The molecule has 188 valence electrons. The summed E-state index contributed by atoms with van der Waals surface area (Å²) >= 11 is 0. The molecule has 7 heteroatoms. The van der Waals surface area contributed by atoms with Gasteiger partial charge in [0.1, 0.15) is 5.75 Å². The topological polar surface area (TPSA) is 49.8 Å². The Hall–Kier alpha value is -3.74. The van der Waals surface area contributed by atoms with Crippen molar-refractivity contribution in [3.05, 3.63) is 101 Å². The Morgan fingerprint density at radius 2 is 1.78 bits per heavy atom. The second kappa shape index (κ2) is 10.1. The number of hydrogen-bond acceptors (Lipinski definition) is 4. The van der Waals surface area contributed by atoms with Crippen molar-refractivity contribution >= 4 is 17.7 Å².